The Morgan fingerprint density at radius 3 is 1.96 bits per heavy atom. The van der Waals surface area contributed by atoms with Crippen molar-refractivity contribution < 1.29 is 14.3 Å². The van der Waals surface area contributed by atoms with Gasteiger partial charge in [0.1, 0.15) is 5.75 Å². The number of rotatable bonds is 6. The molecule has 5 heteroatoms. The van der Waals surface area contributed by atoms with Crippen LogP contribution in [-0.2, 0) is 4.79 Å². The van der Waals surface area contributed by atoms with E-state index in [0.29, 0.717) is 17.7 Å². The molecule has 3 aromatic rings. The Labute approximate surface area is 164 Å². The molecule has 0 bridgehead atoms. The topological polar surface area (TPSA) is 67.4 Å². The smallest absolute Gasteiger partial charge is 0.279 e. The zero-order chi connectivity index (χ0) is 19.8. The van der Waals surface area contributed by atoms with E-state index in [1.165, 1.54) is 0 Å². The fourth-order valence-corrected chi connectivity index (χ4v) is 2.70. The van der Waals surface area contributed by atoms with E-state index in [1.54, 1.807) is 24.3 Å². The van der Waals surface area contributed by atoms with Crippen LogP contribution in [0, 0.1) is 0 Å². The van der Waals surface area contributed by atoms with Crippen LogP contribution in [0.1, 0.15) is 23.7 Å². The SMILES string of the molecule is CCC(Oc1ccc(-c2ccccc2)cc1)C(=O)NNC(=O)c1ccccc1. The van der Waals surface area contributed by atoms with Gasteiger partial charge in [-0.2, -0.15) is 0 Å². The summed E-state index contributed by atoms with van der Waals surface area (Å²) >= 11 is 0. The van der Waals surface area contributed by atoms with Gasteiger partial charge in [0.15, 0.2) is 6.10 Å². The van der Waals surface area contributed by atoms with Crippen LogP contribution >= 0.6 is 0 Å². The molecule has 0 saturated carbocycles. The number of carbonyl (C=O) groups excluding carboxylic acids is 2. The van der Waals surface area contributed by atoms with Gasteiger partial charge in [-0.25, -0.2) is 0 Å². The number of hydrogen-bond acceptors (Lipinski definition) is 3. The molecule has 5 nitrogen and oxygen atoms in total. The van der Waals surface area contributed by atoms with Crippen molar-refractivity contribution >= 4 is 11.8 Å². The van der Waals surface area contributed by atoms with E-state index in [1.807, 2.05) is 67.6 Å². The van der Waals surface area contributed by atoms with Crippen LogP contribution in [0.2, 0.25) is 0 Å². The fourth-order valence-electron chi connectivity index (χ4n) is 2.70. The quantitative estimate of drug-likeness (QED) is 0.642. The standard InChI is InChI=1S/C23H22N2O3/c1-2-21(23(27)25-24-22(26)19-11-7-4-8-12-19)28-20-15-13-18(14-16-20)17-9-5-3-6-10-17/h3-16,21H,2H2,1H3,(H,24,26)(H,25,27). The van der Waals surface area contributed by atoms with Gasteiger partial charge in [0.05, 0.1) is 0 Å². The van der Waals surface area contributed by atoms with E-state index in [-0.39, 0.29) is 5.91 Å². The van der Waals surface area contributed by atoms with Gasteiger partial charge in [0.25, 0.3) is 11.8 Å². The molecular formula is C23H22N2O3. The molecule has 0 aromatic heterocycles. The second-order valence-electron chi connectivity index (χ2n) is 6.21. The molecule has 28 heavy (non-hydrogen) atoms. The fraction of sp³-hybridized carbons (Fsp3) is 0.130. The third kappa shape index (κ3) is 4.98. The Kier molecular flexibility index (Phi) is 6.41. The predicted molar refractivity (Wildman–Crippen MR) is 109 cm³/mol. The minimum atomic E-state index is -0.710. The summed E-state index contributed by atoms with van der Waals surface area (Å²) in [6.45, 7) is 1.85. The molecule has 2 N–H and O–H groups in total. The largest absolute Gasteiger partial charge is 0.481 e. The van der Waals surface area contributed by atoms with Gasteiger partial charge < -0.3 is 4.74 Å². The number of ether oxygens (including phenoxy) is 1. The summed E-state index contributed by atoms with van der Waals surface area (Å²) in [5.41, 5.74) is 7.49. The van der Waals surface area contributed by atoms with Gasteiger partial charge in [-0.3, -0.25) is 20.4 Å². The lowest BCUT2D eigenvalue weighted by atomic mass is 10.1. The Morgan fingerprint density at radius 2 is 1.36 bits per heavy atom. The van der Waals surface area contributed by atoms with Crippen LogP contribution < -0.4 is 15.6 Å². The Bertz CT molecular complexity index is 910. The van der Waals surface area contributed by atoms with Crippen LogP contribution in [0.3, 0.4) is 0 Å². The van der Waals surface area contributed by atoms with Gasteiger partial charge in [-0.15, -0.1) is 0 Å². The van der Waals surface area contributed by atoms with Crippen LogP contribution in [0.15, 0.2) is 84.9 Å². The van der Waals surface area contributed by atoms with Crippen molar-refractivity contribution in [3.8, 4) is 16.9 Å². The molecule has 0 spiro atoms. The molecule has 0 aliphatic heterocycles. The number of hydrazine groups is 1. The van der Waals surface area contributed by atoms with E-state index >= 15 is 0 Å². The molecule has 0 aliphatic carbocycles. The number of benzene rings is 3. The highest BCUT2D eigenvalue weighted by Gasteiger charge is 2.19. The van der Waals surface area contributed by atoms with Crippen molar-refractivity contribution in [2.24, 2.45) is 0 Å². The van der Waals surface area contributed by atoms with E-state index in [4.69, 9.17) is 4.74 Å². The molecule has 0 saturated heterocycles. The maximum Gasteiger partial charge on any atom is 0.279 e. The molecule has 1 atom stereocenters. The molecule has 3 rings (SSSR count). The molecule has 2 amide bonds. The minimum Gasteiger partial charge on any atom is -0.481 e. The predicted octanol–water partition coefficient (Wildman–Crippen LogP) is 3.97. The number of amides is 2. The highest BCUT2D eigenvalue weighted by Crippen LogP contribution is 2.23. The highest BCUT2D eigenvalue weighted by molar-refractivity contribution is 5.95. The zero-order valence-electron chi connectivity index (χ0n) is 15.6. The first-order valence-electron chi connectivity index (χ1n) is 9.14. The van der Waals surface area contributed by atoms with Crippen molar-refractivity contribution in [3.63, 3.8) is 0 Å². The average Bonchev–Trinajstić information content (AvgIpc) is 2.77. The van der Waals surface area contributed by atoms with Gasteiger partial charge in [0.2, 0.25) is 0 Å². The second-order valence-corrected chi connectivity index (χ2v) is 6.21. The molecule has 0 radical (unpaired) electrons. The lowest BCUT2D eigenvalue weighted by molar-refractivity contribution is -0.128. The van der Waals surface area contributed by atoms with Crippen molar-refractivity contribution in [2.75, 3.05) is 0 Å². The average molecular weight is 374 g/mol. The first kappa shape index (κ1) is 19.2. The molecular weight excluding hydrogens is 352 g/mol. The summed E-state index contributed by atoms with van der Waals surface area (Å²) < 4.78 is 5.79. The highest BCUT2D eigenvalue weighted by atomic mass is 16.5. The van der Waals surface area contributed by atoms with Gasteiger partial charge in [-0.1, -0.05) is 67.6 Å². The van der Waals surface area contributed by atoms with Gasteiger partial charge >= 0.3 is 0 Å². The lowest BCUT2D eigenvalue weighted by Gasteiger charge is -2.18. The van der Waals surface area contributed by atoms with Gasteiger partial charge in [-0.05, 0) is 41.8 Å². The molecule has 142 valence electrons. The van der Waals surface area contributed by atoms with Crippen molar-refractivity contribution in [1.82, 2.24) is 10.9 Å². The van der Waals surface area contributed by atoms with Crippen LogP contribution in [0.25, 0.3) is 11.1 Å². The Balaban J connectivity index is 1.57. The molecule has 3 aromatic carbocycles. The summed E-state index contributed by atoms with van der Waals surface area (Å²) in [7, 11) is 0. The number of carbonyl (C=O) groups is 2. The van der Waals surface area contributed by atoms with Crippen molar-refractivity contribution in [2.45, 2.75) is 19.4 Å². The maximum absolute atomic E-state index is 12.4. The lowest BCUT2D eigenvalue weighted by Crippen LogP contribution is -2.47. The third-order valence-corrected chi connectivity index (χ3v) is 4.24. The number of hydrogen-bond donors (Lipinski definition) is 2. The van der Waals surface area contributed by atoms with E-state index in [9.17, 15) is 9.59 Å². The first-order chi connectivity index (χ1) is 13.7. The third-order valence-electron chi connectivity index (χ3n) is 4.24. The molecule has 0 aliphatic rings. The summed E-state index contributed by atoms with van der Waals surface area (Å²) in [6, 6.07) is 26.3. The molecule has 0 heterocycles. The minimum absolute atomic E-state index is 0.379. The van der Waals surface area contributed by atoms with Crippen LogP contribution in [0.5, 0.6) is 5.75 Å². The molecule has 1 unspecified atom stereocenters. The van der Waals surface area contributed by atoms with Gasteiger partial charge in [0, 0.05) is 5.56 Å². The maximum atomic E-state index is 12.4. The van der Waals surface area contributed by atoms with Crippen LogP contribution in [-0.4, -0.2) is 17.9 Å². The number of nitrogens with one attached hydrogen (secondary N) is 2. The van der Waals surface area contributed by atoms with Crippen LogP contribution in [0.4, 0.5) is 0 Å². The van der Waals surface area contributed by atoms with E-state index < -0.39 is 12.0 Å². The second kappa shape index (κ2) is 9.37. The zero-order valence-corrected chi connectivity index (χ0v) is 15.6. The summed E-state index contributed by atoms with van der Waals surface area (Å²) in [4.78, 5) is 24.4. The summed E-state index contributed by atoms with van der Waals surface area (Å²) in [6.07, 6.45) is -0.244. The van der Waals surface area contributed by atoms with E-state index in [0.717, 1.165) is 11.1 Å². The molecule has 0 fully saturated rings. The Hall–Kier alpha value is -3.60. The first-order valence-corrected chi connectivity index (χ1v) is 9.14. The summed E-state index contributed by atoms with van der Waals surface area (Å²) in [5, 5.41) is 0. The van der Waals surface area contributed by atoms with Crippen molar-refractivity contribution in [1.29, 1.82) is 0 Å². The van der Waals surface area contributed by atoms with Crippen molar-refractivity contribution in [3.05, 3.63) is 90.5 Å². The Morgan fingerprint density at radius 1 is 0.786 bits per heavy atom. The monoisotopic (exact) mass is 374 g/mol. The van der Waals surface area contributed by atoms with E-state index in [2.05, 4.69) is 10.9 Å². The normalized spacial score (nSPS) is 11.3. The summed E-state index contributed by atoms with van der Waals surface area (Å²) in [5.74, 6) is -0.189.